The lowest BCUT2D eigenvalue weighted by Gasteiger charge is -2.10. The number of hydrogen-bond acceptors (Lipinski definition) is 3. The van der Waals surface area contributed by atoms with Crippen LogP contribution >= 0.6 is 27.5 Å². The first-order valence-electron chi connectivity index (χ1n) is 6.15. The zero-order valence-electron chi connectivity index (χ0n) is 11.0. The maximum Gasteiger partial charge on any atom is 0.243 e. The van der Waals surface area contributed by atoms with Crippen LogP contribution in [0.15, 0.2) is 22.7 Å². The molecule has 2 aromatic rings. The highest BCUT2D eigenvalue weighted by Crippen LogP contribution is 2.26. The van der Waals surface area contributed by atoms with Gasteiger partial charge in [0.05, 0.1) is 23.0 Å². The van der Waals surface area contributed by atoms with Gasteiger partial charge >= 0.3 is 0 Å². The first kappa shape index (κ1) is 15.3. The molecule has 0 bridgehead atoms. The van der Waals surface area contributed by atoms with E-state index >= 15 is 0 Å². The number of nitrogens with zero attached hydrogens (tertiary/aromatic N) is 2. The minimum Gasteiger partial charge on any atom is -0.370 e. The molecule has 108 valence electrons. The minimum atomic E-state index is -0.478. The SMILES string of the molecule is CC(Cl)c1nc2ccc(Br)cc2n1CCOCC(N)=O. The summed E-state index contributed by atoms with van der Waals surface area (Å²) in [6.07, 6.45) is 0. The van der Waals surface area contributed by atoms with Gasteiger partial charge in [0.15, 0.2) is 0 Å². The first-order valence-corrected chi connectivity index (χ1v) is 7.38. The normalized spacial score (nSPS) is 12.8. The van der Waals surface area contributed by atoms with E-state index < -0.39 is 5.91 Å². The molecule has 0 fully saturated rings. The summed E-state index contributed by atoms with van der Waals surface area (Å²) in [5.74, 6) is 0.302. The quantitative estimate of drug-likeness (QED) is 0.636. The molecule has 0 aliphatic heterocycles. The summed E-state index contributed by atoms with van der Waals surface area (Å²) in [7, 11) is 0. The minimum absolute atomic E-state index is 0.0813. The molecule has 7 heteroatoms. The van der Waals surface area contributed by atoms with E-state index in [0.717, 1.165) is 21.3 Å². The van der Waals surface area contributed by atoms with Crippen molar-refractivity contribution in [2.45, 2.75) is 18.8 Å². The lowest BCUT2D eigenvalue weighted by molar-refractivity contribution is -0.122. The highest BCUT2D eigenvalue weighted by atomic mass is 79.9. The van der Waals surface area contributed by atoms with Gasteiger partial charge in [-0.2, -0.15) is 0 Å². The highest BCUT2D eigenvalue weighted by molar-refractivity contribution is 9.10. The van der Waals surface area contributed by atoms with Crippen molar-refractivity contribution in [1.29, 1.82) is 0 Å². The Hall–Kier alpha value is -1.11. The number of benzene rings is 1. The van der Waals surface area contributed by atoms with Crippen molar-refractivity contribution in [3.05, 3.63) is 28.5 Å². The number of fused-ring (bicyclic) bond motifs is 1. The van der Waals surface area contributed by atoms with Crippen molar-refractivity contribution in [3.63, 3.8) is 0 Å². The Balaban J connectivity index is 2.26. The summed E-state index contributed by atoms with van der Waals surface area (Å²) in [4.78, 5) is 15.2. The third-order valence-corrected chi connectivity index (χ3v) is 3.49. The number of rotatable bonds is 6. The number of primary amides is 1. The van der Waals surface area contributed by atoms with Crippen LogP contribution in [0.1, 0.15) is 18.1 Å². The fraction of sp³-hybridized carbons (Fsp3) is 0.385. The van der Waals surface area contributed by atoms with E-state index in [0.29, 0.717) is 13.2 Å². The van der Waals surface area contributed by atoms with Gasteiger partial charge in [0.1, 0.15) is 12.4 Å². The van der Waals surface area contributed by atoms with Crippen molar-refractivity contribution in [1.82, 2.24) is 9.55 Å². The Morgan fingerprint density at radius 3 is 3.00 bits per heavy atom. The molecule has 0 saturated carbocycles. The molecule has 5 nitrogen and oxygen atoms in total. The van der Waals surface area contributed by atoms with Gasteiger partial charge in [-0.25, -0.2) is 4.98 Å². The average molecular weight is 361 g/mol. The lowest BCUT2D eigenvalue weighted by Crippen LogP contribution is -2.20. The summed E-state index contributed by atoms with van der Waals surface area (Å²) < 4.78 is 8.17. The summed E-state index contributed by atoms with van der Waals surface area (Å²) in [5.41, 5.74) is 6.89. The van der Waals surface area contributed by atoms with Gasteiger partial charge in [0.2, 0.25) is 5.91 Å². The number of ether oxygens (including phenoxy) is 1. The van der Waals surface area contributed by atoms with Gasteiger partial charge in [0, 0.05) is 11.0 Å². The van der Waals surface area contributed by atoms with Gasteiger partial charge in [-0.3, -0.25) is 4.79 Å². The standard InChI is InChI=1S/C13H15BrClN3O2/c1-8(15)13-17-10-3-2-9(14)6-11(10)18(13)4-5-20-7-12(16)19/h2-3,6,8H,4-5,7H2,1H3,(H2,16,19). The molecule has 1 aromatic heterocycles. The van der Waals surface area contributed by atoms with Gasteiger partial charge in [0.25, 0.3) is 0 Å². The number of carbonyl (C=O) groups is 1. The highest BCUT2D eigenvalue weighted by Gasteiger charge is 2.15. The number of carbonyl (C=O) groups excluding carboxylic acids is 1. The Labute approximate surface area is 130 Å². The molecule has 0 aliphatic rings. The van der Waals surface area contributed by atoms with Crippen molar-refractivity contribution in [3.8, 4) is 0 Å². The molecule has 1 amide bonds. The summed E-state index contributed by atoms with van der Waals surface area (Å²) in [6, 6.07) is 5.86. The molecule has 20 heavy (non-hydrogen) atoms. The monoisotopic (exact) mass is 359 g/mol. The maximum atomic E-state index is 10.6. The Kier molecular flexibility index (Phi) is 5.01. The number of nitrogens with two attached hydrogens (primary N) is 1. The molecule has 0 radical (unpaired) electrons. The average Bonchev–Trinajstić information content (AvgIpc) is 2.73. The zero-order valence-corrected chi connectivity index (χ0v) is 13.3. The second kappa shape index (κ2) is 6.56. The number of halogens is 2. The third-order valence-electron chi connectivity index (χ3n) is 2.80. The Bertz CT molecular complexity index is 627. The van der Waals surface area contributed by atoms with Crippen LogP contribution in [0.25, 0.3) is 11.0 Å². The van der Waals surface area contributed by atoms with Crippen molar-refractivity contribution >= 4 is 44.5 Å². The lowest BCUT2D eigenvalue weighted by atomic mass is 10.3. The fourth-order valence-electron chi connectivity index (χ4n) is 1.98. The molecule has 2 rings (SSSR count). The molecule has 0 spiro atoms. The Morgan fingerprint density at radius 1 is 1.60 bits per heavy atom. The number of aromatic nitrogens is 2. The third kappa shape index (κ3) is 3.50. The summed E-state index contributed by atoms with van der Waals surface area (Å²) in [6.45, 7) is 2.73. The van der Waals surface area contributed by atoms with E-state index in [4.69, 9.17) is 22.1 Å². The van der Waals surface area contributed by atoms with Crippen LogP contribution in [-0.4, -0.2) is 28.7 Å². The number of imidazole rings is 1. The molecule has 1 heterocycles. The van der Waals surface area contributed by atoms with Gasteiger partial charge in [-0.15, -0.1) is 11.6 Å². The smallest absolute Gasteiger partial charge is 0.243 e. The Morgan fingerprint density at radius 2 is 2.35 bits per heavy atom. The van der Waals surface area contributed by atoms with Crippen LogP contribution in [0.2, 0.25) is 0 Å². The van der Waals surface area contributed by atoms with E-state index in [1.54, 1.807) is 0 Å². The van der Waals surface area contributed by atoms with Crippen LogP contribution in [0, 0.1) is 0 Å². The molecule has 1 aromatic carbocycles. The second-order valence-electron chi connectivity index (χ2n) is 4.39. The maximum absolute atomic E-state index is 10.6. The van der Waals surface area contributed by atoms with E-state index in [1.165, 1.54) is 0 Å². The van der Waals surface area contributed by atoms with Crippen molar-refractivity contribution < 1.29 is 9.53 Å². The number of alkyl halides is 1. The predicted octanol–water partition coefficient (Wildman–Crippen LogP) is 2.60. The largest absolute Gasteiger partial charge is 0.370 e. The van der Waals surface area contributed by atoms with Crippen LogP contribution in [0.4, 0.5) is 0 Å². The van der Waals surface area contributed by atoms with Gasteiger partial charge in [-0.1, -0.05) is 15.9 Å². The van der Waals surface area contributed by atoms with E-state index in [1.807, 2.05) is 29.7 Å². The molecule has 1 unspecified atom stereocenters. The first-order chi connectivity index (χ1) is 9.49. The molecule has 2 N–H and O–H groups in total. The molecule has 0 aliphatic carbocycles. The van der Waals surface area contributed by atoms with Crippen molar-refractivity contribution in [2.75, 3.05) is 13.2 Å². The zero-order chi connectivity index (χ0) is 14.7. The van der Waals surface area contributed by atoms with Gasteiger partial charge < -0.3 is 15.0 Å². The molecular weight excluding hydrogens is 346 g/mol. The topological polar surface area (TPSA) is 70.1 Å². The van der Waals surface area contributed by atoms with Crippen molar-refractivity contribution in [2.24, 2.45) is 5.73 Å². The van der Waals surface area contributed by atoms with E-state index in [2.05, 4.69) is 20.9 Å². The van der Waals surface area contributed by atoms with Crippen LogP contribution in [-0.2, 0) is 16.1 Å². The fourth-order valence-corrected chi connectivity index (χ4v) is 2.50. The van der Waals surface area contributed by atoms with E-state index in [9.17, 15) is 4.79 Å². The number of hydrogen-bond donors (Lipinski definition) is 1. The second-order valence-corrected chi connectivity index (χ2v) is 5.96. The van der Waals surface area contributed by atoms with Gasteiger partial charge in [-0.05, 0) is 25.1 Å². The van der Waals surface area contributed by atoms with Crippen LogP contribution in [0.5, 0.6) is 0 Å². The predicted molar refractivity (Wildman–Crippen MR) is 81.7 cm³/mol. The van der Waals surface area contributed by atoms with Crippen LogP contribution < -0.4 is 5.73 Å². The van der Waals surface area contributed by atoms with E-state index in [-0.39, 0.29) is 12.0 Å². The summed E-state index contributed by atoms with van der Waals surface area (Å²) >= 11 is 9.62. The molecule has 1 atom stereocenters. The summed E-state index contributed by atoms with van der Waals surface area (Å²) in [5, 5.41) is -0.211. The number of amides is 1. The molecular formula is C13H15BrClN3O2. The van der Waals surface area contributed by atoms with Crippen LogP contribution in [0.3, 0.4) is 0 Å². The molecule has 0 saturated heterocycles.